The fourth-order valence-corrected chi connectivity index (χ4v) is 7.09. The fourth-order valence-electron chi connectivity index (χ4n) is 6.84. The van der Waals surface area contributed by atoms with Gasteiger partial charge in [0.05, 0.1) is 6.42 Å². The van der Waals surface area contributed by atoms with Crippen LogP contribution in [0.25, 0.3) is 0 Å². The topological polar surface area (TPSA) is 159 Å². The number of carbonyl (C=O) groups excluding carboxylic acids is 3. The van der Waals surface area contributed by atoms with Gasteiger partial charge in [0.2, 0.25) is 23.9 Å². The number of ether oxygens (including phenoxy) is 3. The summed E-state index contributed by atoms with van der Waals surface area (Å²) in [6, 6.07) is -2.13. The van der Waals surface area contributed by atoms with Crippen LogP contribution in [-0.2, 0) is 43.2 Å². The Labute approximate surface area is 246 Å². The number of hydrogen-bond donors (Lipinski definition) is 4. The second-order valence-corrected chi connectivity index (χ2v) is 13.0. The average Bonchev–Trinajstić information content (AvgIpc) is 3.13. The molecule has 5 fully saturated rings. The minimum Gasteiger partial charge on any atom is -0.480 e. The quantitative estimate of drug-likeness (QED) is 0.158. The average molecular weight is 601 g/mol. The molecule has 5 aliphatic rings. The molecule has 1 saturated carbocycles. The van der Waals surface area contributed by atoms with Crippen LogP contribution in [0.4, 0.5) is 0 Å². The largest absolute Gasteiger partial charge is 0.480 e. The van der Waals surface area contributed by atoms with Crippen molar-refractivity contribution in [1.82, 2.24) is 10.6 Å². The van der Waals surface area contributed by atoms with Crippen LogP contribution in [0.2, 0.25) is 0 Å². The lowest BCUT2D eigenvalue weighted by molar-refractivity contribution is -0.576. The molecule has 1 aliphatic carbocycles. The highest BCUT2D eigenvalue weighted by Crippen LogP contribution is 2.60. The van der Waals surface area contributed by atoms with E-state index in [-0.39, 0.29) is 42.3 Å². The fraction of sp³-hybridized carbons (Fsp3) is 0.857. The van der Waals surface area contributed by atoms with E-state index in [0.29, 0.717) is 18.8 Å². The molecule has 13 heteroatoms. The molecule has 2 amide bonds. The van der Waals surface area contributed by atoms with Gasteiger partial charge in [-0.1, -0.05) is 27.7 Å². The van der Waals surface area contributed by atoms with E-state index in [2.05, 4.69) is 30.2 Å². The summed E-state index contributed by atoms with van der Waals surface area (Å²) in [5.41, 5.74) is -0.769. The smallest absolute Gasteiger partial charge is 0.327 e. The van der Waals surface area contributed by atoms with Gasteiger partial charge in [-0.15, -0.1) is 0 Å². The zero-order valence-corrected chi connectivity index (χ0v) is 25.3. The lowest BCUT2D eigenvalue weighted by atomic mass is 9.58. The van der Waals surface area contributed by atoms with Crippen LogP contribution in [0.5, 0.6) is 0 Å². The molecule has 4 saturated heterocycles. The molecule has 2 bridgehead atoms. The van der Waals surface area contributed by atoms with Crippen LogP contribution in [0.15, 0.2) is 0 Å². The second kappa shape index (κ2) is 12.7. The summed E-state index contributed by atoms with van der Waals surface area (Å²) in [6.07, 6.45) is 1.67. The number of thiol groups is 1. The molecule has 0 radical (unpaired) electrons. The number of aliphatic carboxylic acids is 1. The van der Waals surface area contributed by atoms with E-state index in [1.807, 2.05) is 27.7 Å². The van der Waals surface area contributed by atoms with E-state index in [9.17, 15) is 24.3 Å². The van der Waals surface area contributed by atoms with Crippen molar-refractivity contribution in [2.75, 3.05) is 5.75 Å². The molecule has 0 aromatic heterocycles. The molecule has 5 rings (SSSR count). The summed E-state index contributed by atoms with van der Waals surface area (Å²) in [5.74, 6) is -3.57. The number of esters is 1. The lowest BCUT2D eigenvalue weighted by Crippen LogP contribution is -2.70. The zero-order chi connectivity index (χ0) is 30.1. The number of hydrogen-bond acceptors (Lipinski definition) is 10. The van der Waals surface area contributed by atoms with E-state index in [1.54, 1.807) is 0 Å². The second-order valence-electron chi connectivity index (χ2n) is 12.6. The van der Waals surface area contributed by atoms with Gasteiger partial charge in [0.15, 0.2) is 11.9 Å². The number of carbonyl (C=O) groups is 4. The van der Waals surface area contributed by atoms with Gasteiger partial charge in [-0.2, -0.15) is 12.6 Å². The summed E-state index contributed by atoms with van der Waals surface area (Å²) in [4.78, 5) is 61.4. The highest BCUT2D eigenvalue weighted by Gasteiger charge is 2.69. The van der Waals surface area contributed by atoms with Crippen molar-refractivity contribution in [2.45, 2.75) is 116 Å². The molecule has 41 heavy (non-hydrogen) atoms. The van der Waals surface area contributed by atoms with Crippen molar-refractivity contribution in [3.8, 4) is 0 Å². The minimum atomic E-state index is -1.22. The van der Waals surface area contributed by atoms with Gasteiger partial charge in [0.1, 0.15) is 12.1 Å². The summed E-state index contributed by atoms with van der Waals surface area (Å²) in [5, 5.41) is 14.2. The number of carboxylic acids is 1. The summed E-state index contributed by atoms with van der Waals surface area (Å²) >= 11 is 3.96. The van der Waals surface area contributed by atoms with Crippen molar-refractivity contribution in [3.05, 3.63) is 0 Å². The van der Waals surface area contributed by atoms with Crippen molar-refractivity contribution in [1.29, 1.82) is 0 Å². The predicted octanol–water partition coefficient (Wildman–Crippen LogP) is 2.55. The summed E-state index contributed by atoms with van der Waals surface area (Å²) in [7, 11) is 0. The van der Waals surface area contributed by atoms with Crippen LogP contribution < -0.4 is 10.6 Å². The normalized spacial score (nSPS) is 37.3. The number of amides is 2. The van der Waals surface area contributed by atoms with Crippen LogP contribution in [0.3, 0.4) is 0 Å². The maximum absolute atomic E-state index is 12.9. The maximum Gasteiger partial charge on any atom is 0.327 e. The molecule has 10 atom stereocenters. The predicted molar refractivity (Wildman–Crippen MR) is 147 cm³/mol. The molecular formula is C28H44N2O10S. The van der Waals surface area contributed by atoms with Gasteiger partial charge in [-0.05, 0) is 50.4 Å². The van der Waals surface area contributed by atoms with Crippen LogP contribution in [0, 0.1) is 29.6 Å². The van der Waals surface area contributed by atoms with E-state index < -0.39 is 59.8 Å². The minimum absolute atomic E-state index is 0.00612. The standard InChI is InChI=1S/C28H44N2O10S/c1-14(2)12-19(23(33)30-20(13-41)24(34)35)29-21(31)8-9-22(32)36-25-16(4)18-7-6-15(3)17-10-11-27(5)38-26(37-25)28(17,18)40-39-27/h14-20,25-26,41H,6-13H2,1-5H3,(H,29,31)(H,30,33)(H,34,35)/t15-,16-,17+,18+,19+,20+,25-,26-,27-,28-/m1/s1. The Morgan fingerprint density at radius 1 is 1.02 bits per heavy atom. The number of fused-ring (bicyclic) bond motifs is 2. The number of carboxylic acid groups (broad SMARTS) is 1. The molecule has 4 aliphatic heterocycles. The first-order valence-electron chi connectivity index (χ1n) is 14.6. The molecular weight excluding hydrogens is 556 g/mol. The SMILES string of the molecule is CC(C)C[C@H](NC(=O)CCC(=O)O[C@@H]1O[C@@H]2O[C@@]3(C)CC[C@H]4[C@H](C)CC[C@@H]([C@H]1C)[C@@]24OO3)C(=O)N[C@@H](CS)C(=O)O. The first-order valence-corrected chi connectivity index (χ1v) is 15.3. The molecule has 12 nitrogen and oxygen atoms in total. The Morgan fingerprint density at radius 3 is 2.41 bits per heavy atom. The summed E-state index contributed by atoms with van der Waals surface area (Å²) < 4.78 is 18.3. The highest BCUT2D eigenvalue weighted by atomic mass is 32.1. The Bertz CT molecular complexity index is 1010. The molecule has 0 aromatic carbocycles. The van der Waals surface area contributed by atoms with Gasteiger partial charge in [-0.25, -0.2) is 14.6 Å². The molecule has 1 spiro atoms. The van der Waals surface area contributed by atoms with Gasteiger partial charge in [0.25, 0.3) is 0 Å². The van der Waals surface area contributed by atoms with Gasteiger partial charge in [-0.3, -0.25) is 14.4 Å². The van der Waals surface area contributed by atoms with Crippen LogP contribution in [0.1, 0.15) is 79.6 Å². The van der Waals surface area contributed by atoms with Crippen molar-refractivity contribution in [3.63, 3.8) is 0 Å². The third kappa shape index (κ3) is 6.69. The van der Waals surface area contributed by atoms with Gasteiger partial charge in [0, 0.05) is 30.4 Å². The van der Waals surface area contributed by atoms with Gasteiger partial charge >= 0.3 is 11.9 Å². The number of nitrogens with one attached hydrogen (secondary N) is 2. The zero-order valence-electron chi connectivity index (χ0n) is 24.4. The summed E-state index contributed by atoms with van der Waals surface area (Å²) in [6.45, 7) is 9.77. The number of rotatable bonds is 11. The van der Waals surface area contributed by atoms with Crippen LogP contribution >= 0.6 is 12.6 Å². The highest BCUT2D eigenvalue weighted by molar-refractivity contribution is 7.80. The molecule has 0 aromatic rings. The van der Waals surface area contributed by atoms with Gasteiger partial charge < -0.3 is 30.0 Å². The molecule has 232 valence electrons. The van der Waals surface area contributed by atoms with Crippen molar-refractivity contribution < 1.29 is 48.3 Å². The maximum atomic E-state index is 12.9. The van der Waals surface area contributed by atoms with Crippen LogP contribution in [-0.4, -0.2) is 70.7 Å². The van der Waals surface area contributed by atoms with E-state index in [0.717, 1.165) is 19.3 Å². The third-order valence-corrected chi connectivity index (χ3v) is 9.42. The van der Waals surface area contributed by atoms with E-state index in [4.69, 9.17) is 24.0 Å². The van der Waals surface area contributed by atoms with E-state index in [1.165, 1.54) is 0 Å². The monoisotopic (exact) mass is 600 g/mol. The molecule has 0 unspecified atom stereocenters. The first kappa shape index (κ1) is 32.0. The van der Waals surface area contributed by atoms with Crippen molar-refractivity contribution in [2.24, 2.45) is 29.6 Å². The Hall–Kier alpha value is -1.93. The van der Waals surface area contributed by atoms with Crippen molar-refractivity contribution >= 4 is 36.4 Å². The lowest BCUT2D eigenvalue weighted by Gasteiger charge is -2.59. The Morgan fingerprint density at radius 2 is 1.76 bits per heavy atom. The first-order chi connectivity index (χ1) is 19.3. The van der Waals surface area contributed by atoms with E-state index >= 15 is 0 Å². The third-order valence-electron chi connectivity index (χ3n) is 9.06. The molecule has 4 heterocycles. The molecule has 3 N–H and O–H groups in total. The Balaban J connectivity index is 1.35. The Kier molecular flexibility index (Phi) is 9.94.